The Hall–Kier alpha value is -2.59. The third-order valence-electron chi connectivity index (χ3n) is 4.77. The van der Waals surface area contributed by atoms with Gasteiger partial charge in [-0.1, -0.05) is 12.1 Å². The molecule has 0 radical (unpaired) electrons. The molecule has 1 fully saturated rings. The summed E-state index contributed by atoms with van der Waals surface area (Å²) in [6, 6.07) is 9.95. The van der Waals surface area contributed by atoms with Crippen molar-refractivity contribution in [3.8, 4) is 17.2 Å². The smallest absolute Gasteiger partial charge is 0.264 e. The predicted molar refractivity (Wildman–Crippen MR) is 93.9 cm³/mol. The number of rotatable bonds is 3. The number of hydrogen-bond acceptors (Lipinski definition) is 3. The second-order valence-corrected chi connectivity index (χ2v) is 8.23. The van der Waals surface area contributed by atoms with Crippen LogP contribution < -0.4 is 9.03 Å². The Kier molecular flexibility index (Phi) is 3.48. The van der Waals surface area contributed by atoms with Gasteiger partial charge in [-0.15, -0.1) is 0 Å². The molecule has 0 aromatic heterocycles. The van der Waals surface area contributed by atoms with Crippen LogP contribution in [0.1, 0.15) is 24.0 Å². The molecular formula is C18H16FN3O2S. The summed E-state index contributed by atoms with van der Waals surface area (Å²) in [5, 5.41) is 9.31. The zero-order valence-corrected chi connectivity index (χ0v) is 14.4. The average molecular weight is 357 g/mol. The lowest BCUT2D eigenvalue weighted by atomic mass is 9.94. The molecule has 25 heavy (non-hydrogen) atoms. The summed E-state index contributed by atoms with van der Waals surface area (Å²) in [4.78, 5) is 0. The Labute approximate surface area is 145 Å². The molecule has 1 saturated carbocycles. The highest BCUT2D eigenvalue weighted by atomic mass is 32.2. The summed E-state index contributed by atoms with van der Waals surface area (Å²) in [6.07, 6.45) is 3.03. The number of nitrogens with one attached hydrogen (secondary N) is 1. The molecule has 1 N–H and O–H groups in total. The number of nitrogens with zero attached hydrogens (tertiary/aromatic N) is 2. The van der Waals surface area contributed by atoms with Crippen LogP contribution in [0.3, 0.4) is 0 Å². The summed E-state index contributed by atoms with van der Waals surface area (Å²) in [5.74, 6) is -0.0268. The molecule has 0 amide bonds. The van der Waals surface area contributed by atoms with Crippen LogP contribution in [0.4, 0.5) is 15.8 Å². The molecule has 5 nitrogen and oxygen atoms in total. The molecule has 1 aliphatic carbocycles. The largest absolute Gasteiger partial charge is 0.323 e. The van der Waals surface area contributed by atoms with E-state index >= 15 is 0 Å². The number of nitriles is 1. The highest BCUT2D eigenvalue weighted by Gasteiger charge is 2.34. The molecule has 1 heterocycles. The number of halogens is 1. The maximum absolute atomic E-state index is 14.0. The molecule has 0 atom stereocenters. The third kappa shape index (κ3) is 2.63. The lowest BCUT2D eigenvalue weighted by molar-refractivity contribution is 0.601. The van der Waals surface area contributed by atoms with Crippen molar-refractivity contribution in [1.82, 2.24) is 0 Å². The van der Waals surface area contributed by atoms with Crippen LogP contribution in [-0.4, -0.2) is 15.5 Å². The Balaban J connectivity index is 1.93. The van der Waals surface area contributed by atoms with E-state index in [-0.39, 0.29) is 5.56 Å². The first kappa shape index (κ1) is 15.9. The van der Waals surface area contributed by atoms with Crippen LogP contribution in [0, 0.1) is 23.1 Å². The van der Waals surface area contributed by atoms with Gasteiger partial charge in [-0.3, -0.25) is 9.03 Å². The summed E-state index contributed by atoms with van der Waals surface area (Å²) in [7, 11) is -2.12. The van der Waals surface area contributed by atoms with E-state index in [9.17, 15) is 18.1 Å². The van der Waals surface area contributed by atoms with Gasteiger partial charge in [0.15, 0.2) is 0 Å². The highest BCUT2D eigenvalue weighted by molar-refractivity contribution is 7.94. The average Bonchev–Trinajstić information content (AvgIpc) is 3.35. The number of anilines is 2. The van der Waals surface area contributed by atoms with Crippen molar-refractivity contribution in [2.45, 2.75) is 19.3 Å². The van der Waals surface area contributed by atoms with Crippen LogP contribution in [0.25, 0.3) is 11.1 Å². The first-order valence-corrected chi connectivity index (χ1v) is 9.47. The van der Waals surface area contributed by atoms with Gasteiger partial charge < -0.3 is 0 Å². The van der Waals surface area contributed by atoms with Gasteiger partial charge in [-0.05, 0) is 54.5 Å². The van der Waals surface area contributed by atoms with Crippen LogP contribution in [0.2, 0.25) is 0 Å². The van der Waals surface area contributed by atoms with Crippen molar-refractivity contribution in [3.63, 3.8) is 0 Å². The Morgan fingerprint density at radius 2 is 2.12 bits per heavy atom. The Morgan fingerprint density at radius 1 is 1.36 bits per heavy atom. The molecule has 2 aromatic rings. The minimum absolute atomic E-state index is 0.0312. The minimum Gasteiger partial charge on any atom is -0.264 e. The van der Waals surface area contributed by atoms with Crippen molar-refractivity contribution in [1.29, 1.82) is 5.26 Å². The Bertz CT molecular complexity index is 1020. The fourth-order valence-corrected chi connectivity index (χ4v) is 4.24. The maximum atomic E-state index is 14.0. The summed E-state index contributed by atoms with van der Waals surface area (Å²) >= 11 is 0. The molecule has 2 aliphatic rings. The molecule has 0 unspecified atom stereocenters. The van der Waals surface area contributed by atoms with E-state index in [2.05, 4.69) is 4.72 Å². The van der Waals surface area contributed by atoms with Crippen molar-refractivity contribution >= 4 is 21.6 Å². The summed E-state index contributed by atoms with van der Waals surface area (Å²) in [6.45, 7) is 0. The molecule has 0 saturated heterocycles. The van der Waals surface area contributed by atoms with E-state index in [4.69, 9.17) is 0 Å². The maximum Gasteiger partial charge on any atom is 0.323 e. The van der Waals surface area contributed by atoms with E-state index in [0.29, 0.717) is 28.4 Å². The Morgan fingerprint density at radius 3 is 2.80 bits per heavy atom. The molecule has 128 valence electrons. The first-order valence-electron chi connectivity index (χ1n) is 8.03. The van der Waals surface area contributed by atoms with Crippen molar-refractivity contribution < 1.29 is 12.8 Å². The van der Waals surface area contributed by atoms with Gasteiger partial charge in [0.05, 0.1) is 16.9 Å². The van der Waals surface area contributed by atoms with Gasteiger partial charge in [0.25, 0.3) is 0 Å². The van der Waals surface area contributed by atoms with Crippen molar-refractivity contribution in [2.75, 3.05) is 16.1 Å². The van der Waals surface area contributed by atoms with Crippen molar-refractivity contribution in [2.24, 2.45) is 5.92 Å². The fourth-order valence-electron chi connectivity index (χ4n) is 3.21. The van der Waals surface area contributed by atoms with E-state index in [1.54, 1.807) is 18.2 Å². The molecule has 1 aliphatic heterocycles. The van der Waals surface area contributed by atoms with Gasteiger partial charge in [-0.25, -0.2) is 4.39 Å². The van der Waals surface area contributed by atoms with E-state index < -0.39 is 16.0 Å². The van der Waals surface area contributed by atoms with Gasteiger partial charge in [0.2, 0.25) is 0 Å². The monoisotopic (exact) mass is 357 g/mol. The SMILES string of the molecule is CN1c2cc(-c3cccc(F)c3C#N)cc(CC3CC3)c2NS1(=O)=O. The molecule has 2 aromatic carbocycles. The molecule has 7 heteroatoms. The van der Waals surface area contributed by atoms with Gasteiger partial charge in [-0.2, -0.15) is 13.7 Å². The quantitative estimate of drug-likeness (QED) is 0.915. The van der Waals surface area contributed by atoms with E-state index in [0.717, 1.165) is 24.8 Å². The standard InChI is InChI=1S/C18H16FN3O2S/c1-22-17-9-12(14-3-2-4-16(19)15(14)10-20)8-13(7-11-5-6-11)18(17)21-25(22,23)24/h2-4,8-9,11,21H,5-7H2,1H3. The van der Waals surface area contributed by atoms with Gasteiger partial charge in [0, 0.05) is 12.6 Å². The first-order chi connectivity index (χ1) is 11.9. The normalized spacial score (nSPS) is 17.7. The lowest BCUT2D eigenvalue weighted by Gasteiger charge is -2.14. The van der Waals surface area contributed by atoms with Crippen molar-refractivity contribution in [3.05, 3.63) is 47.3 Å². The van der Waals surface area contributed by atoms with Crippen LogP contribution >= 0.6 is 0 Å². The fraction of sp³-hybridized carbons (Fsp3) is 0.278. The third-order valence-corrected chi connectivity index (χ3v) is 6.15. The second kappa shape index (κ2) is 5.46. The summed E-state index contributed by atoms with van der Waals surface area (Å²) < 4.78 is 42.2. The number of fused-ring (bicyclic) bond motifs is 1. The van der Waals surface area contributed by atoms with Crippen LogP contribution in [0.15, 0.2) is 30.3 Å². The minimum atomic E-state index is -3.60. The topological polar surface area (TPSA) is 73.2 Å². The predicted octanol–water partition coefficient (Wildman–Crippen LogP) is 3.42. The zero-order valence-electron chi connectivity index (χ0n) is 13.6. The second-order valence-electron chi connectivity index (χ2n) is 6.53. The highest BCUT2D eigenvalue weighted by Crippen LogP contribution is 2.44. The number of benzene rings is 2. The lowest BCUT2D eigenvalue weighted by Crippen LogP contribution is -2.25. The zero-order chi connectivity index (χ0) is 17.8. The van der Waals surface area contributed by atoms with Gasteiger partial charge >= 0.3 is 10.2 Å². The van der Waals surface area contributed by atoms with Crippen LogP contribution in [-0.2, 0) is 16.6 Å². The molecule has 0 bridgehead atoms. The number of hydrogen-bond donors (Lipinski definition) is 1. The van der Waals surface area contributed by atoms with Gasteiger partial charge in [0.1, 0.15) is 11.9 Å². The van der Waals surface area contributed by atoms with E-state index in [1.807, 2.05) is 12.1 Å². The van der Waals surface area contributed by atoms with Crippen LogP contribution in [0.5, 0.6) is 0 Å². The molecule has 0 spiro atoms. The van der Waals surface area contributed by atoms with E-state index in [1.165, 1.54) is 17.4 Å². The summed E-state index contributed by atoms with van der Waals surface area (Å²) in [5.41, 5.74) is 3.10. The molecule has 4 rings (SSSR count). The molecular weight excluding hydrogens is 341 g/mol.